The van der Waals surface area contributed by atoms with E-state index in [-0.39, 0.29) is 5.91 Å². The summed E-state index contributed by atoms with van der Waals surface area (Å²) < 4.78 is 6.80. The summed E-state index contributed by atoms with van der Waals surface area (Å²) in [5, 5.41) is 0. The lowest BCUT2D eigenvalue weighted by molar-refractivity contribution is -0.138. The summed E-state index contributed by atoms with van der Waals surface area (Å²) in [6.07, 6.45) is 0.540. The normalized spacial score (nSPS) is 15.7. The van der Waals surface area contributed by atoms with Crippen LogP contribution in [-0.2, 0) is 11.2 Å². The van der Waals surface area contributed by atoms with E-state index >= 15 is 0 Å². The zero-order chi connectivity index (χ0) is 18.5. The first-order chi connectivity index (χ1) is 12.6. The Morgan fingerprint density at radius 1 is 1.08 bits per heavy atom. The van der Waals surface area contributed by atoms with Crippen molar-refractivity contribution in [3.63, 3.8) is 0 Å². The van der Waals surface area contributed by atoms with E-state index in [0.29, 0.717) is 5.75 Å². The maximum Gasteiger partial charge on any atom is 0.263 e. The van der Waals surface area contributed by atoms with Crippen LogP contribution in [0, 0.1) is 0 Å². The van der Waals surface area contributed by atoms with E-state index in [1.54, 1.807) is 0 Å². The Morgan fingerprint density at radius 3 is 2.38 bits per heavy atom. The van der Waals surface area contributed by atoms with Crippen molar-refractivity contribution in [1.29, 1.82) is 0 Å². The number of carbonyl (C=O) groups excluding carboxylic acids is 1. The number of nitrogens with zero attached hydrogens (tertiary/aromatic N) is 2. The van der Waals surface area contributed by atoms with Crippen molar-refractivity contribution in [2.24, 2.45) is 0 Å². The van der Waals surface area contributed by atoms with Gasteiger partial charge in [0.15, 0.2) is 6.10 Å². The van der Waals surface area contributed by atoms with Gasteiger partial charge in [0.25, 0.3) is 5.91 Å². The van der Waals surface area contributed by atoms with E-state index < -0.39 is 6.10 Å². The molecule has 0 N–H and O–H groups in total. The minimum atomic E-state index is -0.481. The second kappa shape index (κ2) is 8.58. The highest BCUT2D eigenvalue weighted by Crippen LogP contribution is 2.23. The Labute approximate surface area is 163 Å². The molecule has 0 aromatic heterocycles. The van der Waals surface area contributed by atoms with Gasteiger partial charge in [-0.1, -0.05) is 41.1 Å². The van der Waals surface area contributed by atoms with Gasteiger partial charge in [-0.3, -0.25) is 4.79 Å². The summed E-state index contributed by atoms with van der Waals surface area (Å²) in [7, 11) is 0. The average Bonchev–Trinajstić information content (AvgIpc) is 2.69. The topological polar surface area (TPSA) is 32.8 Å². The Hall–Kier alpha value is -2.01. The Balaban J connectivity index is 1.57. The molecule has 5 heteroatoms. The summed E-state index contributed by atoms with van der Waals surface area (Å²) in [6.45, 7) is 7.17. The number of halogens is 1. The zero-order valence-electron chi connectivity index (χ0n) is 15.3. The van der Waals surface area contributed by atoms with Crippen molar-refractivity contribution in [1.82, 2.24) is 4.90 Å². The number of amides is 1. The standard InChI is InChI=1S/C21H25BrN2O2/c1-3-17-6-4-5-7-20(17)23-12-14-24(15-13-23)21(25)16(2)26-19-10-8-18(22)9-11-19/h4-11,16H,3,12-15H2,1-2H3. The van der Waals surface area contributed by atoms with E-state index in [0.717, 1.165) is 37.1 Å². The lowest BCUT2D eigenvalue weighted by atomic mass is 10.1. The molecule has 0 radical (unpaired) electrons. The molecule has 1 amide bonds. The molecular formula is C21H25BrN2O2. The lowest BCUT2D eigenvalue weighted by Crippen LogP contribution is -2.52. The second-order valence-electron chi connectivity index (χ2n) is 6.51. The molecule has 0 aliphatic carbocycles. The van der Waals surface area contributed by atoms with Gasteiger partial charge in [-0.15, -0.1) is 0 Å². The van der Waals surface area contributed by atoms with Crippen LogP contribution in [0.2, 0.25) is 0 Å². The highest BCUT2D eigenvalue weighted by Gasteiger charge is 2.26. The number of carbonyl (C=O) groups is 1. The van der Waals surface area contributed by atoms with E-state index in [4.69, 9.17) is 4.74 Å². The minimum Gasteiger partial charge on any atom is -0.481 e. The minimum absolute atomic E-state index is 0.0522. The van der Waals surface area contributed by atoms with Gasteiger partial charge in [0.1, 0.15) is 5.75 Å². The lowest BCUT2D eigenvalue weighted by Gasteiger charge is -2.37. The SMILES string of the molecule is CCc1ccccc1N1CCN(C(=O)C(C)Oc2ccc(Br)cc2)CC1. The molecule has 1 unspecified atom stereocenters. The molecule has 1 saturated heterocycles. The largest absolute Gasteiger partial charge is 0.481 e. The van der Waals surface area contributed by atoms with Gasteiger partial charge in [-0.05, 0) is 49.2 Å². The molecule has 1 atom stereocenters. The number of aryl methyl sites for hydroxylation is 1. The number of rotatable bonds is 5. The number of para-hydroxylation sites is 1. The molecule has 2 aromatic rings. The molecule has 1 aliphatic rings. The van der Waals surface area contributed by atoms with Gasteiger partial charge in [0.2, 0.25) is 0 Å². The van der Waals surface area contributed by atoms with Crippen LogP contribution in [0.4, 0.5) is 5.69 Å². The molecular weight excluding hydrogens is 392 g/mol. The number of hydrogen-bond donors (Lipinski definition) is 0. The molecule has 0 spiro atoms. The molecule has 138 valence electrons. The highest BCUT2D eigenvalue weighted by atomic mass is 79.9. The van der Waals surface area contributed by atoms with Crippen LogP contribution < -0.4 is 9.64 Å². The summed E-state index contributed by atoms with van der Waals surface area (Å²) in [4.78, 5) is 17.0. The number of ether oxygens (including phenoxy) is 1. The first-order valence-electron chi connectivity index (χ1n) is 9.12. The molecule has 3 rings (SSSR count). The molecule has 0 saturated carbocycles. The van der Waals surface area contributed by atoms with Gasteiger partial charge in [0, 0.05) is 36.3 Å². The zero-order valence-corrected chi connectivity index (χ0v) is 16.9. The van der Waals surface area contributed by atoms with Crippen molar-refractivity contribution < 1.29 is 9.53 Å². The van der Waals surface area contributed by atoms with Crippen molar-refractivity contribution in [2.75, 3.05) is 31.1 Å². The Kier molecular flexibility index (Phi) is 6.20. The summed E-state index contributed by atoms with van der Waals surface area (Å²) in [5.41, 5.74) is 2.65. The average molecular weight is 417 g/mol. The Bertz CT molecular complexity index is 740. The van der Waals surface area contributed by atoms with Crippen LogP contribution in [0.15, 0.2) is 53.0 Å². The predicted octanol–water partition coefficient (Wildman–Crippen LogP) is 4.13. The van der Waals surface area contributed by atoms with E-state index in [9.17, 15) is 4.79 Å². The quantitative estimate of drug-likeness (QED) is 0.734. The van der Waals surface area contributed by atoms with Crippen molar-refractivity contribution >= 4 is 27.5 Å². The van der Waals surface area contributed by atoms with Gasteiger partial charge < -0.3 is 14.5 Å². The molecule has 2 aromatic carbocycles. The van der Waals surface area contributed by atoms with Crippen molar-refractivity contribution in [2.45, 2.75) is 26.4 Å². The fourth-order valence-electron chi connectivity index (χ4n) is 3.31. The fourth-order valence-corrected chi connectivity index (χ4v) is 3.58. The molecule has 1 aliphatic heterocycles. The molecule has 1 heterocycles. The van der Waals surface area contributed by atoms with E-state index in [1.807, 2.05) is 36.1 Å². The summed E-state index contributed by atoms with van der Waals surface area (Å²) in [5.74, 6) is 0.765. The highest BCUT2D eigenvalue weighted by molar-refractivity contribution is 9.10. The molecule has 0 bridgehead atoms. The maximum absolute atomic E-state index is 12.7. The van der Waals surface area contributed by atoms with Crippen LogP contribution >= 0.6 is 15.9 Å². The Morgan fingerprint density at radius 2 is 1.73 bits per heavy atom. The molecule has 4 nitrogen and oxygen atoms in total. The smallest absolute Gasteiger partial charge is 0.263 e. The second-order valence-corrected chi connectivity index (χ2v) is 7.42. The van der Waals surface area contributed by atoms with Crippen LogP contribution in [0.3, 0.4) is 0 Å². The number of hydrogen-bond acceptors (Lipinski definition) is 3. The van der Waals surface area contributed by atoms with Gasteiger partial charge in [-0.25, -0.2) is 0 Å². The van der Waals surface area contributed by atoms with Crippen LogP contribution in [0.1, 0.15) is 19.4 Å². The van der Waals surface area contributed by atoms with Gasteiger partial charge >= 0.3 is 0 Å². The van der Waals surface area contributed by atoms with Gasteiger partial charge in [-0.2, -0.15) is 0 Å². The van der Waals surface area contributed by atoms with Crippen molar-refractivity contribution in [3.8, 4) is 5.75 Å². The van der Waals surface area contributed by atoms with E-state index in [1.165, 1.54) is 11.3 Å². The third-order valence-electron chi connectivity index (χ3n) is 4.78. The predicted molar refractivity (Wildman–Crippen MR) is 109 cm³/mol. The van der Waals surface area contributed by atoms with Crippen LogP contribution in [-0.4, -0.2) is 43.1 Å². The van der Waals surface area contributed by atoms with Crippen LogP contribution in [0.5, 0.6) is 5.75 Å². The fraction of sp³-hybridized carbons (Fsp3) is 0.381. The number of piperazine rings is 1. The number of anilines is 1. The summed E-state index contributed by atoms with van der Waals surface area (Å²) in [6, 6.07) is 16.1. The van der Waals surface area contributed by atoms with E-state index in [2.05, 4.69) is 52.0 Å². The maximum atomic E-state index is 12.7. The summed E-state index contributed by atoms with van der Waals surface area (Å²) >= 11 is 3.40. The van der Waals surface area contributed by atoms with Crippen molar-refractivity contribution in [3.05, 3.63) is 58.6 Å². The molecule has 1 fully saturated rings. The van der Waals surface area contributed by atoms with Gasteiger partial charge in [0.05, 0.1) is 0 Å². The molecule has 26 heavy (non-hydrogen) atoms. The first kappa shape index (κ1) is 18.8. The third-order valence-corrected chi connectivity index (χ3v) is 5.31. The first-order valence-corrected chi connectivity index (χ1v) is 9.91. The van der Waals surface area contributed by atoms with Crippen LogP contribution in [0.25, 0.3) is 0 Å². The number of benzene rings is 2. The third kappa shape index (κ3) is 4.39. The monoisotopic (exact) mass is 416 g/mol.